The van der Waals surface area contributed by atoms with Gasteiger partial charge in [-0.15, -0.1) is 0 Å². The molecule has 0 heterocycles. The fourth-order valence-electron chi connectivity index (χ4n) is 2.90. The van der Waals surface area contributed by atoms with Gasteiger partial charge >= 0.3 is 11.9 Å². The zero-order chi connectivity index (χ0) is 17.8. The van der Waals surface area contributed by atoms with Gasteiger partial charge in [0.15, 0.2) is 5.78 Å². The molecule has 0 aliphatic heterocycles. The molecule has 1 aliphatic carbocycles. The van der Waals surface area contributed by atoms with E-state index in [4.69, 9.17) is 16.9 Å². The molecule has 0 saturated heterocycles. The zero-order valence-electron chi connectivity index (χ0n) is 12.1. The maximum Gasteiger partial charge on any atom is 0.338 e. The number of nitrogens with one attached hydrogen (secondary N) is 1. The quantitative estimate of drug-likeness (QED) is 0.441. The number of nitrogen functional groups attached to an aromatic ring is 2. The molecule has 0 unspecified atom stereocenters. The molecule has 7 N–H and O–H groups in total. The minimum atomic E-state index is -1.61. The van der Waals surface area contributed by atoms with Gasteiger partial charge in [0.1, 0.15) is 0 Å². The van der Waals surface area contributed by atoms with Gasteiger partial charge in [0.2, 0.25) is 0 Å². The minimum absolute atomic E-state index is 0.154. The van der Waals surface area contributed by atoms with Gasteiger partial charge in [0, 0.05) is 16.7 Å². The van der Waals surface area contributed by atoms with Gasteiger partial charge in [0.05, 0.1) is 33.8 Å². The highest BCUT2D eigenvalue weighted by Crippen LogP contribution is 2.39. The first-order valence-electron chi connectivity index (χ1n) is 6.71. The van der Waals surface area contributed by atoms with E-state index >= 15 is 0 Å². The molecule has 0 bridgehead atoms. The summed E-state index contributed by atoms with van der Waals surface area (Å²) in [7, 11) is 0. The van der Waals surface area contributed by atoms with Crippen LogP contribution >= 0.6 is 0 Å². The summed E-state index contributed by atoms with van der Waals surface area (Å²) in [4.78, 5) is 35.6. The number of carboxylic acid groups (broad SMARTS) is 2. The highest BCUT2D eigenvalue weighted by atomic mass is 16.4. The van der Waals surface area contributed by atoms with Crippen molar-refractivity contribution >= 4 is 34.8 Å². The van der Waals surface area contributed by atoms with E-state index in [2.05, 4.69) is 0 Å². The molecule has 8 heteroatoms. The predicted octanol–water partition coefficient (Wildman–Crippen LogP) is 1.21. The molecular formula is C16H11N3O5. The average Bonchev–Trinajstić information content (AvgIpc) is 2.53. The van der Waals surface area contributed by atoms with Gasteiger partial charge in [-0.3, -0.25) is 10.2 Å². The topological polar surface area (TPSA) is 168 Å². The van der Waals surface area contributed by atoms with Gasteiger partial charge in [0.25, 0.3) is 0 Å². The number of hydrogen-bond donors (Lipinski definition) is 5. The van der Waals surface area contributed by atoms with E-state index in [1.165, 1.54) is 12.1 Å². The normalized spacial score (nSPS) is 12.5. The van der Waals surface area contributed by atoms with Gasteiger partial charge in [-0.2, -0.15) is 0 Å². The molecule has 1 aliphatic rings. The van der Waals surface area contributed by atoms with Crippen LogP contribution in [0.3, 0.4) is 0 Å². The van der Waals surface area contributed by atoms with Gasteiger partial charge < -0.3 is 21.7 Å². The number of nitrogens with two attached hydrogens (primary N) is 2. The second-order valence-electron chi connectivity index (χ2n) is 5.19. The molecule has 0 saturated carbocycles. The Hall–Kier alpha value is -3.68. The third-order valence-corrected chi connectivity index (χ3v) is 3.92. The Morgan fingerprint density at radius 3 is 1.83 bits per heavy atom. The third kappa shape index (κ3) is 1.80. The molecule has 0 radical (unpaired) electrons. The summed E-state index contributed by atoms with van der Waals surface area (Å²) in [6.07, 6.45) is 0. The number of fused-ring (bicyclic) bond motifs is 2. The second kappa shape index (κ2) is 4.92. The minimum Gasteiger partial charge on any atom is -0.478 e. The molecule has 0 fully saturated rings. The van der Waals surface area contributed by atoms with Gasteiger partial charge in [-0.25, -0.2) is 9.59 Å². The lowest BCUT2D eigenvalue weighted by molar-refractivity contribution is 0.0653. The van der Waals surface area contributed by atoms with Crippen molar-refractivity contribution in [3.8, 4) is 0 Å². The molecule has 3 rings (SSSR count). The summed E-state index contributed by atoms with van der Waals surface area (Å²) >= 11 is 0. The Labute approximate surface area is 134 Å². The number of ketones is 1. The van der Waals surface area contributed by atoms with E-state index in [0.717, 1.165) is 0 Å². The van der Waals surface area contributed by atoms with Crippen molar-refractivity contribution in [3.05, 3.63) is 57.6 Å². The average molecular weight is 325 g/mol. The van der Waals surface area contributed by atoms with Crippen molar-refractivity contribution in [2.75, 3.05) is 11.5 Å². The Morgan fingerprint density at radius 2 is 1.33 bits per heavy atom. The van der Waals surface area contributed by atoms with Gasteiger partial charge in [-0.05, 0) is 0 Å². The van der Waals surface area contributed by atoms with E-state index in [1.54, 1.807) is 12.1 Å². The highest BCUT2D eigenvalue weighted by Gasteiger charge is 2.37. The number of carbonyl (C=O) groups excluding carboxylic acids is 1. The van der Waals surface area contributed by atoms with Crippen LogP contribution in [-0.2, 0) is 0 Å². The van der Waals surface area contributed by atoms with Crippen molar-refractivity contribution < 1.29 is 24.6 Å². The van der Waals surface area contributed by atoms with E-state index in [1.807, 2.05) is 0 Å². The lowest BCUT2D eigenvalue weighted by Gasteiger charge is -2.24. The van der Waals surface area contributed by atoms with Crippen LogP contribution in [0, 0.1) is 5.41 Å². The number of benzene rings is 2. The standard InChI is InChI=1S/C16H11N3O5/c17-11-5-3-1-2-4-6(5)14(20)8-7(11)12(18)9(15(21)22)10(13(8)19)16(23)24/h1-4,17H,18-19H2,(H,21,22)(H,23,24). The number of anilines is 2. The SMILES string of the molecule is N=C1c2ccccc2C(=O)c2c(N)c(C(=O)O)c(C(=O)O)c(N)c21. The van der Waals surface area contributed by atoms with Crippen LogP contribution < -0.4 is 11.5 Å². The fourth-order valence-corrected chi connectivity index (χ4v) is 2.90. The van der Waals surface area contributed by atoms with Crippen molar-refractivity contribution in [2.24, 2.45) is 0 Å². The second-order valence-corrected chi connectivity index (χ2v) is 5.19. The molecule has 0 spiro atoms. The zero-order valence-corrected chi connectivity index (χ0v) is 12.1. The summed E-state index contributed by atoms with van der Waals surface area (Å²) in [6, 6.07) is 6.23. The smallest absolute Gasteiger partial charge is 0.338 e. The summed E-state index contributed by atoms with van der Waals surface area (Å²) in [5.41, 5.74) is 9.07. The summed E-state index contributed by atoms with van der Waals surface area (Å²) in [5, 5.41) is 26.9. The van der Waals surface area contributed by atoms with E-state index in [-0.39, 0.29) is 28.0 Å². The molecule has 0 aromatic heterocycles. The molecular weight excluding hydrogens is 314 g/mol. The fraction of sp³-hybridized carbons (Fsp3) is 0. The Balaban J connectivity index is 2.50. The Morgan fingerprint density at radius 1 is 0.875 bits per heavy atom. The molecule has 0 atom stereocenters. The number of rotatable bonds is 2. The van der Waals surface area contributed by atoms with Crippen LogP contribution in [0.2, 0.25) is 0 Å². The lowest BCUT2D eigenvalue weighted by atomic mass is 9.79. The molecule has 2 aromatic carbocycles. The Kier molecular flexibility index (Phi) is 3.12. The van der Waals surface area contributed by atoms with Crippen molar-refractivity contribution in [1.29, 1.82) is 5.41 Å². The first kappa shape index (κ1) is 15.2. The van der Waals surface area contributed by atoms with Crippen molar-refractivity contribution in [1.82, 2.24) is 0 Å². The molecule has 24 heavy (non-hydrogen) atoms. The third-order valence-electron chi connectivity index (χ3n) is 3.92. The summed E-state index contributed by atoms with van der Waals surface area (Å²) < 4.78 is 0. The molecule has 2 aromatic rings. The highest BCUT2D eigenvalue weighted by molar-refractivity contribution is 6.34. The maximum absolute atomic E-state index is 12.7. The largest absolute Gasteiger partial charge is 0.478 e. The van der Waals surface area contributed by atoms with Crippen LogP contribution in [0.15, 0.2) is 24.3 Å². The van der Waals surface area contributed by atoms with Crippen molar-refractivity contribution in [3.63, 3.8) is 0 Å². The molecule has 0 amide bonds. The number of hydrogen-bond acceptors (Lipinski definition) is 6. The molecule has 8 nitrogen and oxygen atoms in total. The number of carboxylic acids is 2. The van der Waals surface area contributed by atoms with Crippen LogP contribution in [0.1, 0.15) is 47.8 Å². The van der Waals surface area contributed by atoms with Gasteiger partial charge in [-0.1, -0.05) is 24.3 Å². The Bertz CT molecular complexity index is 900. The van der Waals surface area contributed by atoms with Crippen LogP contribution in [0.5, 0.6) is 0 Å². The number of carbonyl (C=O) groups is 3. The maximum atomic E-state index is 12.7. The number of aromatic carboxylic acids is 2. The van der Waals surface area contributed by atoms with Crippen LogP contribution in [0.4, 0.5) is 11.4 Å². The van der Waals surface area contributed by atoms with E-state index < -0.39 is 40.2 Å². The summed E-state index contributed by atoms with van der Waals surface area (Å²) in [6.45, 7) is 0. The van der Waals surface area contributed by atoms with Crippen LogP contribution in [-0.4, -0.2) is 33.6 Å². The first-order chi connectivity index (χ1) is 11.3. The summed E-state index contributed by atoms with van der Waals surface area (Å²) in [5.74, 6) is -3.81. The van der Waals surface area contributed by atoms with Crippen molar-refractivity contribution in [2.45, 2.75) is 0 Å². The van der Waals surface area contributed by atoms with E-state index in [0.29, 0.717) is 0 Å². The predicted molar refractivity (Wildman–Crippen MR) is 85.0 cm³/mol. The first-order valence-corrected chi connectivity index (χ1v) is 6.71. The molecule has 120 valence electrons. The monoisotopic (exact) mass is 325 g/mol. The van der Waals surface area contributed by atoms with E-state index in [9.17, 15) is 24.6 Å². The lowest BCUT2D eigenvalue weighted by Crippen LogP contribution is -2.27. The van der Waals surface area contributed by atoms with Crippen LogP contribution in [0.25, 0.3) is 0 Å².